The van der Waals surface area contributed by atoms with Gasteiger partial charge in [-0.25, -0.2) is 4.79 Å². The Morgan fingerprint density at radius 2 is 1.90 bits per heavy atom. The zero-order chi connectivity index (χ0) is 14.9. The summed E-state index contributed by atoms with van der Waals surface area (Å²) in [6.45, 7) is 2.62. The molecule has 0 aliphatic carbocycles. The monoisotopic (exact) mass is 404 g/mol. The van der Waals surface area contributed by atoms with E-state index in [2.05, 4.69) is 37.2 Å². The van der Waals surface area contributed by atoms with Crippen molar-refractivity contribution in [1.29, 1.82) is 0 Å². The summed E-state index contributed by atoms with van der Waals surface area (Å²) in [6.07, 6.45) is 0. The number of anilines is 1. The molecule has 2 N–H and O–H groups in total. The summed E-state index contributed by atoms with van der Waals surface area (Å²) in [5, 5.41) is 11.7. The minimum Gasteiger partial charge on any atom is -0.481 e. The van der Waals surface area contributed by atoms with Crippen LogP contribution in [0.15, 0.2) is 27.1 Å². The van der Waals surface area contributed by atoms with Crippen LogP contribution in [-0.2, 0) is 4.79 Å². The highest BCUT2D eigenvalue weighted by Gasteiger charge is 2.37. The molecule has 7 heteroatoms. The Kier molecular flexibility index (Phi) is 4.70. The zero-order valence-electron chi connectivity index (χ0n) is 10.8. The summed E-state index contributed by atoms with van der Waals surface area (Å²) in [7, 11) is 0. The first-order valence-corrected chi connectivity index (χ1v) is 7.71. The third kappa shape index (κ3) is 3.15. The van der Waals surface area contributed by atoms with Gasteiger partial charge in [-0.3, -0.25) is 4.79 Å². The van der Waals surface area contributed by atoms with Gasteiger partial charge in [0.15, 0.2) is 0 Å². The van der Waals surface area contributed by atoms with Crippen LogP contribution < -0.4 is 5.32 Å². The Balaban J connectivity index is 1.94. The highest BCUT2D eigenvalue weighted by Crippen LogP contribution is 2.32. The maximum Gasteiger partial charge on any atom is 0.321 e. The van der Waals surface area contributed by atoms with Gasteiger partial charge in [-0.15, -0.1) is 0 Å². The lowest BCUT2D eigenvalue weighted by Gasteiger charge is -2.41. The van der Waals surface area contributed by atoms with E-state index in [4.69, 9.17) is 5.11 Å². The molecule has 1 aromatic rings. The number of benzene rings is 1. The third-order valence-corrected chi connectivity index (χ3v) is 4.81. The fraction of sp³-hybridized carbons (Fsp3) is 0.385. The maximum atomic E-state index is 12.1. The van der Waals surface area contributed by atoms with E-state index in [-0.39, 0.29) is 11.9 Å². The van der Waals surface area contributed by atoms with Gasteiger partial charge < -0.3 is 15.3 Å². The number of nitrogens with zero attached hydrogens (tertiary/aromatic N) is 1. The van der Waals surface area contributed by atoms with E-state index in [1.54, 1.807) is 11.8 Å². The summed E-state index contributed by atoms with van der Waals surface area (Å²) in [4.78, 5) is 24.5. The van der Waals surface area contributed by atoms with Gasteiger partial charge in [-0.1, -0.05) is 13.0 Å². The SMILES string of the molecule is CC(C(=O)O)C1CN(C(=O)Nc2c(Br)cccc2Br)C1. The van der Waals surface area contributed by atoms with E-state index >= 15 is 0 Å². The number of rotatable bonds is 3. The van der Waals surface area contributed by atoms with Crippen LogP contribution in [0.25, 0.3) is 0 Å². The molecule has 1 heterocycles. The number of amides is 2. The predicted molar refractivity (Wildman–Crippen MR) is 82.7 cm³/mol. The molecular weight excluding hydrogens is 392 g/mol. The zero-order valence-corrected chi connectivity index (χ0v) is 13.9. The highest BCUT2D eigenvalue weighted by atomic mass is 79.9. The molecule has 0 aromatic heterocycles. The molecule has 1 unspecified atom stereocenters. The first-order valence-electron chi connectivity index (χ1n) is 6.13. The first-order chi connectivity index (χ1) is 9.40. The van der Waals surface area contributed by atoms with Crippen LogP contribution in [0.4, 0.5) is 10.5 Å². The van der Waals surface area contributed by atoms with Gasteiger partial charge in [0.1, 0.15) is 0 Å². The van der Waals surface area contributed by atoms with Crippen molar-refractivity contribution >= 4 is 49.5 Å². The van der Waals surface area contributed by atoms with Crippen molar-refractivity contribution in [3.8, 4) is 0 Å². The number of nitrogens with one attached hydrogen (secondary N) is 1. The molecule has 1 aliphatic heterocycles. The minimum absolute atomic E-state index is 0.0286. The topological polar surface area (TPSA) is 69.6 Å². The lowest BCUT2D eigenvalue weighted by Crippen LogP contribution is -2.54. The number of carboxylic acid groups (broad SMARTS) is 1. The molecule has 0 bridgehead atoms. The molecule has 1 atom stereocenters. The predicted octanol–water partition coefficient (Wildman–Crippen LogP) is 3.40. The van der Waals surface area contributed by atoms with Crippen LogP contribution in [0.5, 0.6) is 0 Å². The molecule has 0 saturated carbocycles. The molecular formula is C13H14Br2N2O3. The summed E-state index contributed by atoms with van der Waals surface area (Å²) >= 11 is 6.76. The number of carbonyl (C=O) groups is 2. The Morgan fingerprint density at radius 1 is 1.35 bits per heavy atom. The van der Waals surface area contributed by atoms with E-state index in [0.717, 1.165) is 8.95 Å². The molecule has 5 nitrogen and oxygen atoms in total. The number of hydrogen-bond donors (Lipinski definition) is 2. The Morgan fingerprint density at radius 3 is 2.40 bits per heavy atom. The summed E-state index contributed by atoms with van der Waals surface area (Å²) < 4.78 is 1.58. The number of halogens is 2. The number of urea groups is 1. The number of carboxylic acids is 1. The minimum atomic E-state index is -0.816. The van der Waals surface area contributed by atoms with Crippen molar-refractivity contribution in [3.63, 3.8) is 0 Å². The van der Waals surface area contributed by atoms with Gasteiger partial charge in [-0.2, -0.15) is 0 Å². The number of para-hydroxylation sites is 1. The highest BCUT2D eigenvalue weighted by molar-refractivity contribution is 9.11. The maximum absolute atomic E-state index is 12.1. The van der Waals surface area contributed by atoms with Gasteiger partial charge in [0.05, 0.1) is 11.6 Å². The van der Waals surface area contributed by atoms with E-state index in [1.165, 1.54) is 0 Å². The molecule has 1 saturated heterocycles. The number of likely N-dealkylation sites (tertiary alicyclic amines) is 1. The van der Waals surface area contributed by atoms with Crippen LogP contribution in [0.2, 0.25) is 0 Å². The van der Waals surface area contributed by atoms with Crippen LogP contribution in [-0.4, -0.2) is 35.1 Å². The van der Waals surface area contributed by atoms with Crippen molar-refractivity contribution in [2.75, 3.05) is 18.4 Å². The summed E-state index contributed by atoms with van der Waals surface area (Å²) in [5.74, 6) is -1.21. The smallest absolute Gasteiger partial charge is 0.321 e. The van der Waals surface area contributed by atoms with E-state index in [1.807, 2.05) is 18.2 Å². The number of aliphatic carboxylic acids is 1. The largest absolute Gasteiger partial charge is 0.481 e. The van der Waals surface area contributed by atoms with E-state index in [9.17, 15) is 9.59 Å². The van der Waals surface area contributed by atoms with E-state index in [0.29, 0.717) is 18.8 Å². The Hall–Kier alpha value is -1.08. The van der Waals surface area contributed by atoms with Crippen molar-refractivity contribution in [2.24, 2.45) is 11.8 Å². The van der Waals surface area contributed by atoms with Crippen molar-refractivity contribution < 1.29 is 14.7 Å². The molecule has 0 spiro atoms. The quantitative estimate of drug-likeness (QED) is 0.809. The molecule has 1 aromatic carbocycles. The molecule has 2 amide bonds. The second-order valence-electron chi connectivity index (χ2n) is 4.82. The molecule has 1 fully saturated rings. The lowest BCUT2D eigenvalue weighted by molar-refractivity contribution is -0.144. The van der Waals surface area contributed by atoms with Gasteiger partial charge >= 0.3 is 12.0 Å². The second kappa shape index (κ2) is 6.13. The fourth-order valence-electron chi connectivity index (χ4n) is 2.00. The Bertz CT molecular complexity index is 524. The van der Waals surface area contributed by atoms with Gasteiger partial charge in [0, 0.05) is 28.0 Å². The first kappa shape index (κ1) is 15.3. The fourth-order valence-corrected chi connectivity index (χ4v) is 3.20. The van der Waals surface area contributed by atoms with Gasteiger partial charge in [0.2, 0.25) is 0 Å². The van der Waals surface area contributed by atoms with Gasteiger partial charge in [-0.05, 0) is 44.0 Å². The summed E-state index contributed by atoms with van der Waals surface area (Å²) in [5.41, 5.74) is 0.673. The molecule has 1 aliphatic rings. The van der Waals surface area contributed by atoms with Crippen molar-refractivity contribution in [3.05, 3.63) is 27.1 Å². The van der Waals surface area contributed by atoms with Crippen LogP contribution in [0.3, 0.4) is 0 Å². The van der Waals surface area contributed by atoms with Crippen LogP contribution in [0, 0.1) is 11.8 Å². The number of hydrogen-bond acceptors (Lipinski definition) is 2. The molecule has 20 heavy (non-hydrogen) atoms. The van der Waals surface area contributed by atoms with E-state index < -0.39 is 11.9 Å². The van der Waals surface area contributed by atoms with Gasteiger partial charge in [0.25, 0.3) is 0 Å². The number of carbonyl (C=O) groups excluding carboxylic acids is 1. The standard InChI is InChI=1S/C13H14Br2N2O3/c1-7(12(18)19)8-5-17(6-8)13(20)16-11-9(14)3-2-4-10(11)15/h2-4,7-8H,5-6H2,1H3,(H,16,20)(H,18,19). The Labute approximate surface area is 133 Å². The normalized spacial score (nSPS) is 16.4. The van der Waals surface area contributed by atoms with Crippen LogP contribution >= 0.6 is 31.9 Å². The summed E-state index contributed by atoms with van der Waals surface area (Å²) in [6, 6.07) is 5.32. The average molecular weight is 406 g/mol. The molecule has 2 rings (SSSR count). The lowest BCUT2D eigenvalue weighted by atomic mass is 9.87. The van der Waals surface area contributed by atoms with Crippen LogP contribution in [0.1, 0.15) is 6.92 Å². The molecule has 108 valence electrons. The third-order valence-electron chi connectivity index (χ3n) is 3.49. The van der Waals surface area contributed by atoms with Crippen molar-refractivity contribution in [2.45, 2.75) is 6.92 Å². The average Bonchev–Trinajstić information content (AvgIpc) is 2.32. The molecule has 0 radical (unpaired) electrons. The second-order valence-corrected chi connectivity index (χ2v) is 6.53. The van der Waals surface area contributed by atoms with Crippen molar-refractivity contribution in [1.82, 2.24) is 4.90 Å².